The van der Waals surface area contributed by atoms with E-state index in [1.165, 1.54) is 0 Å². The van der Waals surface area contributed by atoms with Crippen LogP contribution in [-0.2, 0) is 6.42 Å². The van der Waals surface area contributed by atoms with Crippen LogP contribution < -0.4 is 10.2 Å². The second kappa shape index (κ2) is 7.68. The highest BCUT2D eigenvalue weighted by molar-refractivity contribution is 5.59. The molecule has 0 saturated carbocycles. The Morgan fingerprint density at radius 2 is 2.00 bits per heavy atom. The summed E-state index contributed by atoms with van der Waals surface area (Å²) in [5.74, 6) is 2.68. The third kappa shape index (κ3) is 3.83. The molecule has 0 aliphatic heterocycles. The lowest BCUT2D eigenvalue weighted by Crippen LogP contribution is -2.33. The molecule has 5 nitrogen and oxygen atoms in total. The van der Waals surface area contributed by atoms with Crippen LogP contribution in [0.5, 0.6) is 0 Å². The van der Waals surface area contributed by atoms with Crippen molar-refractivity contribution in [3.8, 4) is 6.07 Å². The van der Waals surface area contributed by atoms with Gasteiger partial charge in [0.15, 0.2) is 0 Å². The second-order valence-corrected chi connectivity index (χ2v) is 5.02. The van der Waals surface area contributed by atoms with Crippen LogP contribution in [-0.4, -0.2) is 29.1 Å². The van der Waals surface area contributed by atoms with Crippen LogP contribution in [0.2, 0.25) is 0 Å². The molecule has 0 unspecified atom stereocenters. The van der Waals surface area contributed by atoms with E-state index in [9.17, 15) is 0 Å². The number of aryl methyl sites for hydroxylation is 1. The summed E-state index contributed by atoms with van der Waals surface area (Å²) in [6, 6.07) is 2.51. The lowest BCUT2D eigenvalue weighted by molar-refractivity contribution is 0.670. The van der Waals surface area contributed by atoms with Crippen molar-refractivity contribution in [2.45, 2.75) is 53.5 Å². The van der Waals surface area contributed by atoms with Crippen molar-refractivity contribution in [2.24, 2.45) is 0 Å². The molecule has 0 saturated heterocycles. The molecule has 20 heavy (non-hydrogen) atoms. The van der Waals surface area contributed by atoms with Gasteiger partial charge in [0.1, 0.15) is 17.5 Å². The number of aromatic nitrogens is 2. The molecule has 0 radical (unpaired) electrons. The Labute approximate surface area is 122 Å². The fourth-order valence-electron chi connectivity index (χ4n) is 2.11. The lowest BCUT2D eigenvalue weighted by atomic mass is 10.2. The van der Waals surface area contributed by atoms with Crippen molar-refractivity contribution >= 4 is 11.6 Å². The molecule has 1 rings (SSSR count). The molecular formula is C15H25N5. The fourth-order valence-corrected chi connectivity index (χ4v) is 2.11. The lowest BCUT2D eigenvalue weighted by Gasteiger charge is -2.29. The van der Waals surface area contributed by atoms with E-state index < -0.39 is 0 Å². The van der Waals surface area contributed by atoms with Crippen molar-refractivity contribution < 1.29 is 0 Å². The first kappa shape index (κ1) is 16.2. The van der Waals surface area contributed by atoms with Gasteiger partial charge in [0, 0.05) is 31.1 Å². The van der Waals surface area contributed by atoms with Crippen molar-refractivity contribution in [1.29, 1.82) is 5.26 Å². The SMILES string of the molecule is CCNc1nc(CC)nc(N(CCC#N)C(C)C)c1C. The minimum Gasteiger partial charge on any atom is -0.370 e. The van der Waals surface area contributed by atoms with Crippen LogP contribution in [0.15, 0.2) is 0 Å². The number of nitriles is 1. The predicted octanol–water partition coefficient (Wildman–Crippen LogP) is 2.91. The second-order valence-electron chi connectivity index (χ2n) is 5.02. The van der Waals surface area contributed by atoms with Gasteiger partial charge in [-0.25, -0.2) is 9.97 Å². The van der Waals surface area contributed by atoms with Crippen LogP contribution in [0.3, 0.4) is 0 Å². The zero-order valence-electron chi connectivity index (χ0n) is 13.2. The summed E-state index contributed by atoms with van der Waals surface area (Å²) >= 11 is 0. The normalized spacial score (nSPS) is 10.4. The van der Waals surface area contributed by atoms with Crippen molar-refractivity contribution in [3.05, 3.63) is 11.4 Å². The Morgan fingerprint density at radius 3 is 2.50 bits per heavy atom. The summed E-state index contributed by atoms with van der Waals surface area (Å²) in [6.45, 7) is 11.9. The smallest absolute Gasteiger partial charge is 0.137 e. The summed E-state index contributed by atoms with van der Waals surface area (Å²) in [6.07, 6.45) is 1.30. The van der Waals surface area contributed by atoms with E-state index in [4.69, 9.17) is 5.26 Å². The standard InChI is InChI=1S/C15H25N5/c1-6-13-18-14(17-7-2)12(5)15(19-13)20(11(3)4)10-8-9-16/h11H,6-8,10H2,1-5H3,(H,17,18,19). The van der Waals surface area contributed by atoms with E-state index in [1.54, 1.807) is 0 Å². The van der Waals surface area contributed by atoms with E-state index in [1.807, 2.05) is 6.92 Å². The van der Waals surface area contributed by atoms with Crippen LogP contribution in [0.1, 0.15) is 45.5 Å². The quantitative estimate of drug-likeness (QED) is 0.829. The molecule has 1 heterocycles. The van der Waals surface area contributed by atoms with E-state index in [0.717, 1.165) is 36.0 Å². The number of anilines is 2. The van der Waals surface area contributed by atoms with Gasteiger partial charge in [-0.05, 0) is 27.7 Å². The van der Waals surface area contributed by atoms with Gasteiger partial charge in [0.05, 0.1) is 12.5 Å². The van der Waals surface area contributed by atoms with E-state index >= 15 is 0 Å². The highest BCUT2D eigenvalue weighted by Gasteiger charge is 2.18. The highest BCUT2D eigenvalue weighted by atomic mass is 15.2. The Bertz CT molecular complexity index is 476. The molecule has 1 N–H and O–H groups in total. The van der Waals surface area contributed by atoms with E-state index in [0.29, 0.717) is 19.0 Å². The van der Waals surface area contributed by atoms with Crippen molar-refractivity contribution in [2.75, 3.05) is 23.3 Å². The molecule has 1 aromatic rings. The predicted molar refractivity (Wildman–Crippen MR) is 83.0 cm³/mol. The molecule has 0 aliphatic carbocycles. The topological polar surface area (TPSA) is 64.8 Å². The molecule has 0 spiro atoms. The molecule has 0 aromatic carbocycles. The number of hydrogen-bond donors (Lipinski definition) is 1. The maximum Gasteiger partial charge on any atom is 0.137 e. The average Bonchev–Trinajstić information content (AvgIpc) is 2.42. The fraction of sp³-hybridized carbons (Fsp3) is 0.667. The van der Waals surface area contributed by atoms with Gasteiger partial charge in [-0.2, -0.15) is 5.26 Å². The van der Waals surface area contributed by atoms with Gasteiger partial charge in [-0.15, -0.1) is 0 Å². The molecule has 0 atom stereocenters. The van der Waals surface area contributed by atoms with Gasteiger partial charge in [0.2, 0.25) is 0 Å². The Kier molecular flexibility index (Phi) is 6.23. The molecule has 5 heteroatoms. The summed E-state index contributed by atoms with van der Waals surface area (Å²) in [4.78, 5) is 11.4. The van der Waals surface area contributed by atoms with Crippen molar-refractivity contribution in [3.63, 3.8) is 0 Å². The molecule has 110 valence electrons. The van der Waals surface area contributed by atoms with E-state index in [-0.39, 0.29) is 0 Å². The first-order valence-electron chi connectivity index (χ1n) is 7.30. The van der Waals surface area contributed by atoms with Crippen LogP contribution in [0, 0.1) is 18.3 Å². The number of rotatable bonds is 7. The molecule has 0 bridgehead atoms. The largest absolute Gasteiger partial charge is 0.370 e. The molecule has 1 aromatic heterocycles. The van der Waals surface area contributed by atoms with Gasteiger partial charge in [0.25, 0.3) is 0 Å². The summed E-state index contributed by atoms with van der Waals surface area (Å²) < 4.78 is 0. The Hall–Kier alpha value is -1.83. The maximum atomic E-state index is 8.83. The zero-order chi connectivity index (χ0) is 15.1. The van der Waals surface area contributed by atoms with Crippen LogP contribution in [0.25, 0.3) is 0 Å². The summed E-state index contributed by atoms with van der Waals surface area (Å²) in [5.41, 5.74) is 1.05. The molecule has 0 fully saturated rings. The van der Waals surface area contributed by atoms with Gasteiger partial charge in [-0.1, -0.05) is 6.92 Å². The molecule has 0 amide bonds. The number of hydrogen-bond acceptors (Lipinski definition) is 5. The molecular weight excluding hydrogens is 250 g/mol. The summed E-state index contributed by atoms with van der Waals surface area (Å²) in [7, 11) is 0. The first-order chi connectivity index (χ1) is 9.54. The number of nitrogens with zero attached hydrogens (tertiary/aromatic N) is 4. The average molecular weight is 275 g/mol. The minimum atomic E-state index is 0.302. The Morgan fingerprint density at radius 1 is 1.30 bits per heavy atom. The van der Waals surface area contributed by atoms with Crippen LogP contribution in [0.4, 0.5) is 11.6 Å². The van der Waals surface area contributed by atoms with Gasteiger partial charge in [-0.3, -0.25) is 0 Å². The maximum absolute atomic E-state index is 8.83. The zero-order valence-corrected chi connectivity index (χ0v) is 13.2. The summed E-state index contributed by atoms with van der Waals surface area (Å²) in [5, 5.41) is 12.1. The highest BCUT2D eigenvalue weighted by Crippen LogP contribution is 2.25. The van der Waals surface area contributed by atoms with Crippen molar-refractivity contribution in [1.82, 2.24) is 9.97 Å². The minimum absolute atomic E-state index is 0.302. The Balaban J connectivity index is 3.24. The monoisotopic (exact) mass is 275 g/mol. The molecule has 0 aliphatic rings. The van der Waals surface area contributed by atoms with E-state index in [2.05, 4.69) is 53.9 Å². The van der Waals surface area contributed by atoms with Crippen LogP contribution >= 0.6 is 0 Å². The third-order valence-electron chi connectivity index (χ3n) is 3.19. The van der Waals surface area contributed by atoms with Gasteiger partial charge >= 0.3 is 0 Å². The third-order valence-corrected chi connectivity index (χ3v) is 3.19. The van der Waals surface area contributed by atoms with Gasteiger partial charge < -0.3 is 10.2 Å². The first-order valence-corrected chi connectivity index (χ1v) is 7.30. The number of nitrogens with one attached hydrogen (secondary N) is 1.